The smallest absolute Gasteiger partial charge is 0.253 e. The summed E-state index contributed by atoms with van der Waals surface area (Å²) in [6, 6.07) is 12.1. The second kappa shape index (κ2) is 7.93. The topological polar surface area (TPSA) is 77.9 Å². The Hall–Kier alpha value is -2.38. The van der Waals surface area contributed by atoms with Crippen LogP contribution in [0.25, 0.3) is 0 Å². The normalized spacial score (nSPS) is 15.8. The molecule has 0 atom stereocenters. The van der Waals surface area contributed by atoms with E-state index in [1.54, 1.807) is 17.9 Å². The van der Waals surface area contributed by atoms with E-state index >= 15 is 0 Å². The van der Waals surface area contributed by atoms with Crippen LogP contribution in [-0.4, -0.2) is 54.8 Å². The van der Waals surface area contributed by atoms with E-state index in [-0.39, 0.29) is 29.6 Å². The van der Waals surface area contributed by atoms with Crippen molar-refractivity contribution in [2.75, 3.05) is 26.2 Å². The first-order valence-corrected chi connectivity index (χ1v) is 10.8. The molecule has 3 rings (SSSR count). The van der Waals surface area contributed by atoms with E-state index in [1.165, 1.54) is 22.0 Å². The number of amides is 1. The van der Waals surface area contributed by atoms with E-state index in [2.05, 4.69) is 13.8 Å². The largest absolute Gasteiger partial charge is 0.507 e. The Kier molecular flexibility index (Phi) is 5.76. The Morgan fingerprint density at radius 1 is 1.00 bits per heavy atom. The quantitative estimate of drug-likeness (QED) is 0.853. The zero-order valence-corrected chi connectivity index (χ0v) is 17.2. The second-order valence-corrected chi connectivity index (χ2v) is 9.35. The molecule has 2 aromatic rings. The maximum atomic E-state index is 12.9. The number of hydrogen-bond acceptors (Lipinski definition) is 4. The number of rotatable bonds is 4. The van der Waals surface area contributed by atoms with Crippen molar-refractivity contribution < 1.29 is 18.3 Å². The average Bonchev–Trinajstić information content (AvgIpc) is 2.69. The molecule has 1 aliphatic rings. The number of carbonyl (C=O) groups is 1. The number of benzene rings is 2. The van der Waals surface area contributed by atoms with E-state index in [4.69, 9.17) is 0 Å². The van der Waals surface area contributed by atoms with Gasteiger partial charge in [0.2, 0.25) is 10.0 Å². The van der Waals surface area contributed by atoms with Crippen LogP contribution in [0, 0.1) is 6.92 Å². The summed E-state index contributed by atoms with van der Waals surface area (Å²) in [6.45, 7) is 7.01. The minimum atomic E-state index is -3.80. The summed E-state index contributed by atoms with van der Waals surface area (Å²) in [5.74, 6) is 0.0519. The molecule has 0 radical (unpaired) electrons. The van der Waals surface area contributed by atoms with Gasteiger partial charge in [0.05, 0.1) is 0 Å². The number of aryl methyl sites for hydroxylation is 1. The van der Waals surface area contributed by atoms with Crippen LogP contribution in [0.4, 0.5) is 0 Å². The first-order chi connectivity index (χ1) is 13.2. The van der Waals surface area contributed by atoms with Gasteiger partial charge in [0.1, 0.15) is 10.6 Å². The van der Waals surface area contributed by atoms with Crippen LogP contribution in [0.1, 0.15) is 41.3 Å². The lowest BCUT2D eigenvalue weighted by atomic mass is 10.0. The summed E-state index contributed by atoms with van der Waals surface area (Å²) in [7, 11) is -3.80. The zero-order valence-electron chi connectivity index (χ0n) is 16.4. The van der Waals surface area contributed by atoms with Gasteiger partial charge in [0.25, 0.3) is 5.91 Å². The van der Waals surface area contributed by atoms with Crippen LogP contribution in [0.5, 0.6) is 5.75 Å². The Balaban J connectivity index is 1.70. The van der Waals surface area contributed by atoms with Crippen LogP contribution in [0.3, 0.4) is 0 Å². The molecule has 2 aromatic carbocycles. The number of piperazine rings is 1. The number of hydrogen-bond donors (Lipinski definition) is 1. The van der Waals surface area contributed by atoms with Gasteiger partial charge in [-0.05, 0) is 48.2 Å². The Labute approximate surface area is 166 Å². The lowest BCUT2D eigenvalue weighted by Gasteiger charge is -2.34. The third-order valence-corrected chi connectivity index (χ3v) is 7.01. The van der Waals surface area contributed by atoms with Gasteiger partial charge in [-0.25, -0.2) is 8.42 Å². The molecule has 0 spiro atoms. The third kappa shape index (κ3) is 4.05. The number of phenols is 1. The average molecular weight is 403 g/mol. The highest BCUT2D eigenvalue weighted by molar-refractivity contribution is 7.89. The molecule has 0 unspecified atom stereocenters. The highest BCUT2D eigenvalue weighted by atomic mass is 32.2. The van der Waals surface area contributed by atoms with Gasteiger partial charge in [-0.3, -0.25) is 4.79 Å². The van der Waals surface area contributed by atoms with Gasteiger partial charge in [-0.2, -0.15) is 4.31 Å². The highest BCUT2D eigenvalue weighted by Crippen LogP contribution is 2.27. The molecule has 1 saturated heterocycles. The van der Waals surface area contributed by atoms with Crippen LogP contribution in [-0.2, 0) is 10.0 Å². The molecular formula is C21H26N2O4S. The van der Waals surface area contributed by atoms with E-state index in [0.29, 0.717) is 24.6 Å². The molecule has 0 bridgehead atoms. The van der Waals surface area contributed by atoms with Crippen LogP contribution in [0.2, 0.25) is 0 Å². The first kappa shape index (κ1) is 20.4. The monoisotopic (exact) mass is 402 g/mol. The molecule has 7 heteroatoms. The van der Waals surface area contributed by atoms with Crippen molar-refractivity contribution in [3.8, 4) is 5.75 Å². The van der Waals surface area contributed by atoms with Crippen molar-refractivity contribution in [2.45, 2.75) is 31.6 Å². The van der Waals surface area contributed by atoms with Gasteiger partial charge < -0.3 is 10.0 Å². The maximum Gasteiger partial charge on any atom is 0.253 e. The van der Waals surface area contributed by atoms with E-state index in [9.17, 15) is 18.3 Å². The summed E-state index contributed by atoms with van der Waals surface area (Å²) in [5.41, 5.74) is 2.54. The maximum absolute atomic E-state index is 12.9. The first-order valence-electron chi connectivity index (χ1n) is 9.39. The van der Waals surface area contributed by atoms with Crippen molar-refractivity contribution in [1.82, 2.24) is 9.21 Å². The third-order valence-electron chi connectivity index (χ3n) is 5.08. The molecule has 150 valence electrons. The predicted molar refractivity (Wildman–Crippen MR) is 108 cm³/mol. The standard InChI is InChI=1S/C21H26N2O4S/c1-15(2)17-5-7-18(8-6-17)21(25)22-10-12-23(13-11-22)28(26,27)20-14-16(3)4-9-19(20)24/h4-9,14-15,24H,10-13H2,1-3H3. The van der Waals surface area contributed by atoms with Gasteiger partial charge in [0.15, 0.2) is 0 Å². The van der Waals surface area contributed by atoms with Crippen molar-refractivity contribution in [1.29, 1.82) is 0 Å². The molecule has 1 heterocycles. The Morgan fingerprint density at radius 3 is 2.18 bits per heavy atom. The number of aromatic hydroxyl groups is 1. The van der Waals surface area contributed by atoms with Gasteiger partial charge >= 0.3 is 0 Å². The van der Waals surface area contributed by atoms with E-state index < -0.39 is 10.0 Å². The van der Waals surface area contributed by atoms with Crippen LogP contribution >= 0.6 is 0 Å². The SMILES string of the molecule is Cc1ccc(O)c(S(=O)(=O)N2CCN(C(=O)c3ccc(C(C)C)cc3)CC2)c1. The summed E-state index contributed by atoms with van der Waals surface area (Å²) in [4.78, 5) is 14.3. The molecule has 0 aliphatic carbocycles. The Morgan fingerprint density at radius 2 is 1.61 bits per heavy atom. The molecule has 1 aliphatic heterocycles. The fourth-order valence-electron chi connectivity index (χ4n) is 3.29. The van der Waals surface area contributed by atoms with Crippen LogP contribution < -0.4 is 0 Å². The highest BCUT2D eigenvalue weighted by Gasteiger charge is 2.32. The number of phenolic OH excluding ortho intramolecular Hbond substituents is 1. The fraction of sp³-hybridized carbons (Fsp3) is 0.381. The number of nitrogens with zero attached hydrogens (tertiary/aromatic N) is 2. The van der Waals surface area contributed by atoms with Gasteiger partial charge in [0, 0.05) is 31.7 Å². The van der Waals surface area contributed by atoms with Gasteiger partial charge in [-0.15, -0.1) is 0 Å². The number of carbonyl (C=O) groups excluding carboxylic acids is 1. The second-order valence-electron chi connectivity index (χ2n) is 7.44. The molecule has 28 heavy (non-hydrogen) atoms. The molecule has 0 saturated carbocycles. The lowest BCUT2D eigenvalue weighted by Crippen LogP contribution is -2.50. The molecule has 1 amide bonds. The predicted octanol–water partition coefficient (Wildman–Crippen LogP) is 2.97. The van der Waals surface area contributed by atoms with Crippen molar-refractivity contribution in [2.24, 2.45) is 0 Å². The molecule has 1 N–H and O–H groups in total. The zero-order chi connectivity index (χ0) is 20.5. The summed E-state index contributed by atoms with van der Waals surface area (Å²) in [6.07, 6.45) is 0. The van der Waals surface area contributed by atoms with Gasteiger partial charge in [-0.1, -0.05) is 32.0 Å². The Bertz CT molecular complexity index is 960. The molecule has 0 aromatic heterocycles. The summed E-state index contributed by atoms with van der Waals surface area (Å²) >= 11 is 0. The van der Waals surface area contributed by atoms with Crippen molar-refractivity contribution >= 4 is 15.9 Å². The lowest BCUT2D eigenvalue weighted by molar-refractivity contribution is 0.0697. The van der Waals surface area contributed by atoms with Crippen molar-refractivity contribution in [3.63, 3.8) is 0 Å². The van der Waals surface area contributed by atoms with Crippen LogP contribution in [0.15, 0.2) is 47.4 Å². The number of sulfonamides is 1. The molecule has 1 fully saturated rings. The molecule has 6 nitrogen and oxygen atoms in total. The molecular weight excluding hydrogens is 376 g/mol. The summed E-state index contributed by atoms with van der Waals surface area (Å²) in [5, 5.41) is 9.98. The van der Waals surface area contributed by atoms with Crippen molar-refractivity contribution in [3.05, 3.63) is 59.2 Å². The minimum Gasteiger partial charge on any atom is -0.507 e. The van der Waals surface area contributed by atoms with E-state index in [1.807, 2.05) is 24.3 Å². The van der Waals surface area contributed by atoms with E-state index in [0.717, 1.165) is 5.56 Å². The minimum absolute atomic E-state index is 0.0865. The fourth-order valence-corrected chi connectivity index (χ4v) is 4.88. The summed E-state index contributed by atoms with van der Waals surface area (Å²) < 4.78 is 27.1.